The number of amides is 2. The predicted molar refractivity (Wildman–Crippen MR) is 102 cm³/mol. The van der Waals surface area contributed by atoms with Crippen LogP contribution in [-0.2, 0) is 4.79 Å². The molecule has 0 bridgehead atoms. The van der Waals surface area contributed by atoms with Gasteiger partial charge in [0.25, 0.3) is 5.91 Å². The zero-order valence-electron chi connectivity index (χ0n) is 15.4. The Balaban J connectivity index is 1.58. The van der Waals surface area contributed by atoms with E-state index in [-0.39, 0.29) is 17.7 Å². The molecule has 1 aromatic heterocycles. The molecule has 0 spiro atoms. The SMILES string of the molecule is CNC(=O)[C@@H]1CCN(C(=O)c2cccc(-c3ccc4oc(C)nc4c3)c2)C1. The largest absolute Gasteiger partial charge is 0.441 e. The fourth-order valence-corrected chi connectivity index (χ4v) is 3.60. The first-order valence-electron chi connectivity index (χ1n) is 9.03. The second-order valence-corrected chi connectivity index (χ2v) is 6.85. The van der Waals surface area contributed by atoms with Crippen LogP contribution >= 0.6 is 0 Å². The van der Waals surface area contributed by atoms with Gasteiger partial charge in [-0.25, -0.2) is 4.98 Å². The van der Waals surface area contributed by atoms with Gasteiger partial charge in [0.05, 0.1) is 5.92 Å². The number of nitrogens with one attached hydrogen (secondary N) is 1. The molecule has 0 aliphatic carbocycles. The second-order valence-electron chi connectivity index (χ2n) is 6.85. The van der Waals surface area contributed by atoms with E-state index >= 15 is 0 Å². The first-order valence-corrected chi connectivity index (χ1v) is 9.03. The number of aromatic nitrogens is 1. The third kappa shape index (κ3) is 3.30. The normalized spacial score (nSPS) is 16.7. The molecular formula is C21H21N3O3. The molecule has 1 aliphatic heterocycles. The molecule has 138 valence electrons. The number of hydrogen-bond donors (Lipinski definition) is 1. The van der Waals surface area contributed by atoms with Crippen molar-refractivity contribution in [1.82, 2.24) is 15.2 Å². The zero-order valence-corrected chi connectivity index (χ0v) is 15.4. The summed E-state index contributed by atoms with van der Waals surface area (Å²) in [4.78, 5) is 30.8. The van der Waals surface area contributed by atoms with E-state index in [0.29, 0.717) is 31.0 Å². The summed E-state index contributed by atoms with van der Waals surface area (Å²) in [6.45, 7) is 2.89. The molecule has 2 aromatic carbocycles. The van der Waals surface area contributed by atoms with E-state index in [1.807, 2.05) is 49.4 Å². The predicted octanol–water partition coefficient (Wildman–Crippen LogP) is 3.01. The Morgan fingerprint density at radius 1 is 1.19 bits per heavy atom. The second kappa shape index (κ2) is 6.87. The van der Waals surface area contributed by atoms with Gasteiger partial charge in [0.15, 0.2) is 11.5 Å². The van der Waals surface area contributed by atoms with Crippen LogP contribution in [-0.4, -0.2) is 41.8 Å². The van der Waals surface area contributed by atoms with Crippen LogP contribution in [0.1, 0.15) is 22.7 Å². The smallest absolute Gasteiger partial charge is 0.253 e. The summed E-state index contributed by atoms with van der Waals surface area (Å²) in [6.07, 6.45) is 0.702. The molecular weight excluding hydrogens is 342 g/mol. The molecule has 2 amide bonds. The summed E-state index contributed by atoms with van der Waals surface area (Å²) in [5.74, 6) is 0.461. The average Bonchev–Trinajstić information content (AvgIpc) is 3.32. The summed E-state index contributed by atoms with van der Waals surface area (Å²) in [6, 6.07) is 13.4. The van der Waals surface area contributed by atoms with E-state index in [9.17, 15) is 9.59 Å². The van der Waals surface area contributed by atoms with Crippen LogP contribution in [0.4, 0.5) is 0 Å². The number of hydrogen-bond acceptors (Lipinski definition) is 4. The van der Waals surface area contributed by atoms with Gasteiger partial charge in [-0.1, -0.05) is 18.2 Å². The highest BCUT2D eigenvalue weighted by Gasteiger charge is 2.30. The lowest BCUT2D eigenvalue weighted by molar-refractivity contribution is -0.124. The molecule has 1 N–H and O–H groups in total. The molecule has 4 rings (SSSR count). The first kappa shape index (κ1) is 17.3. The van der Waals surface area contributed by atoms with E-state index in [1.54, 1.807) is 11.9 Å². The first-order chi connectivity index (χ1) is 13.0. The van der Waals surface area contributed by atoms with Crippen LogP contribution < -0.4 is 5.32 Å². The molecule has 0 radical (unpaired) electrons. The maximum absolute atomic E-state index is 12.9. The molecule has 1 saturated heterocycles. The van der Waals surface area contributed by atoms with E-state index in [1.165, 1.54) is 0 Å². The van der Waals surface area contributed by atoms with E-state index < -0.39 is 0 Å². The highest BCUT2D eigenvalue weighted by atomic mass is 16.3. The van der Waals surface area contributed by atoms with Crippen molar-refractivity contribution in [3.8, 4) is 11.1 Å². The van der Waals surface area contributed by atoms with E-state index in [2.05, 4.69) is 10.3 Å². The Hall–Kier alpha value is -3.15. The number of fused-ring (bicyclic) bond motifs is 1. The Labute approximate surface area is 157 Å². The number of oxazole rings is 1. The van der Waals surface area contributed by atoms with E-state index in [0.717, 1.165) is 22.2 Å². The summed E-state index contributed by atoms with van der Waals surface area (Å²) in [7, 11) is 1.63. The van der Waals surface area contributed by atoms with Crippen LogP contribution in [0.5, 0.6) is 0 Å². The van der Waals surface area contributed by atoms with Crippen LogP contribution in [0.15, 0.2) is 46.9 Å². The lowest BCUT2D eigenvalue weighted by atomic mass is 10.0. The fraction of sp³-hybridized carbons (Fsp3) is 0.286. The van der Waals surface area contributed by atoms with Crippen molar-refractivity contribution in [2.45, 2.75) is 13.3 Å². The van der Waals surface area contributed by atoms with Crippen molar-refractivity contribution in [3.63, 3.8) is 0 Å². The lowest BCUT2D eigenvalue weighted by Gasteiger charge is -2.17. The Bertz CT molecular complexity index is 1020. The lowest BCUT2D eigenvalue weighted by Crippen LogP contribution is -2.33. The number of benzene rings is 2. The molecule has 0 unspecified atom stereocenters. The Morgan fingerprint density at radius 2 is 2.00 bits per heavy atom. The van der Waals surface area contributed by atoms with Gasteiger partial charge in [-0.05, 0) is 41.8 Å². The Morgan fingerprint density at radius 3 is 2.81 bits per heavy atom. The molecule has 1 fully saturated rings. The molecule has 6 nitrogen and oxygen atoms in total. The van der Waals surface area contributed by atoms with Crippen molar-refractivity contribution >= 4 is 22.9 Å². The summed E-state index contributed by atoms with van der Waals surface area (Å²) in [5, 5.41) is 2.66. The van der Waals surface area contributed by atoms with Crippen molar-refractivity contribution < 1.29 is 14.0 Å². The van der Waals surface area contributed by atoms with Crippen molar-refractivity contribution in [1.29, 1.82) is 0 Å². The third-order valence-electron chi connectivity index (χ3n) is 5.03. The van der Waals surface area contributed by atoms with Gasteiger partial charge in [0.1, 0.15) is 5.52 Å². The highest BCUT2D eigenvalue weighted by Crippen LogP contribution is 2.26. The number of nitrogens with zero attached hydrogens (tertiary/aromatic N) is 2. The quantitative estimate of drug-likeness (QED) is 0.776. The van der Waals surface area contributed by atoms with Gasteiger partial charge in [0.2, 0.25) is 5.91 Å². The highest BCUT2D eigenvalue weighted by molar-refractivity contribution is 5.96. The molecule has 1 aliphatic rings. The maximum Gasteiger partial charge on any atom is 0.253 e. The van der Waals surface area contributed by atoms with Gasteiger partial charge >= 0.3 is 0 Å². The van der Waals surface area contributed by atoms with Gasteiger partial charge in [-0.3, -0.25) is 9.59 Å². The number of carbonyl (C=O) groups excluding carboxylic acids is 2. The standard InChI is InChI=1S/C21H21N3O3/c1-13-23-18-11-15(6-7-19(18)27-13)14-4-3-5-16(10-14)21(26)24-9-8-17(12-24)20(25)22-2/h3-7,10-11,17H,8-9,12H2,1-2H3,(H,22,25)/t17-/m1/s1. The van der Waals surface area contributed by atoms with Gasteiger partial charge in [-0.2, -0.15) is 0 Å². The van der Waals surface area contributed by atoms with Crippen LogP contribution in [0, 0.1) is 12.8 Å². The molecule has 27 heavy (non-hydrogen) atoms. The number of rotatable bonds is 3. The fourth-order valence-electron chi connectivity index (χ4n) is 3.60. The van der Waals surface area contributed by atoms with Crippen LogP contribution in [0.25, 0.3) is 22.2 Å². The van der Waals surface area contributed by atoms with Crippen LogP contribution in [0.2, 0.25) is 0 Å². The van der Waals surface area contributed by atoms with Gasteiger partial charge in [0, 0.05) is 32.6 Å². The zero-order chi connectivity index (χ0) is 19.0. The topological polar surface area (TPSA) is 75.4 Å². The summed E-state index contributed by atoms with van der Waals surface area (Å²) < 4.78 is 5.52. The average molecular weight is 363 g/mol. The Kier molecular flexibility index (Phi) is 4.39. The minimum Gasteiger partial charge on any atom is -0.441 e. The summed E-state index contributed by atoms with van der Waals surface area (Å²) >= 11 is 0. The summed E-state index contributed by atoms with van der Waals surface area (Å²) in [5.41, 5.74) is 4.11. The molecule has 6 heteroatoms. The van der Waals surface area contributed by atoms with Crippen molar-refractivity contribution in [2.75, 3.05) is 20.1 Å². The maximum atomic E-state index is 12.9. The van der Waals surface area contributed by atoms with Gasteiger partial charge < -0.3 is 14.6 Å². The molecule has 3 aromatic rings. The monoisotopic (exact) mass is 363 g/mol. The van der Waals surface area contributed by atoms with E-state index in [4.69, 9.17) is 4.42 Å². The number of aryl methyl sites for hydroxylation is 1. The van der Waals surface area contributed by atoms with Crippen LogP contribution in [0.3, 0.4) is 0 Å². The molecule has 1 atom stereocenters. The van der Waals surface area contributed by atoms with Crippen molar-refractivity contribution in [2.24, 2.45) is 5.92 Å². The third-order valence-corrected chi connectivity index (χ3v) is 5.03. The minimum atomic E-state index is -0.125. The molecule has 2 heterocycles. The minimum absolute atomic E-state index is 0.00439. The van der Waals surface area contributed by atoms with Crippen molar-refractivity contribution in [3.05, 3.63) is 53.9 Å². The van der Waals surface area contributed by atoms with Gasteiger partial charge in [-0.15, -0.1) is 0 Å². The number of carbonyl (C=O) groups is 2. The number of likely N-dealkylation sites (tertiary alicyclic amines) is 1. The molecule has 0 saturated carbocycles.